The third-order valence-electron chi connectivity index (χ3n) is 3.24. The van der Waals surface area contributed by atoms with Crippen LogP contribution in [-0.2, 0) is 11.4 Å². The number of Topliss-reactive ketones (excluding diaryl/α,β-unsaturated/α-hetero) is 1. The Hall–Kier alpha value is -2.46. The van der Waals surface area contributed by atoms with E-state index in [-0.39, 0.29) is 18.3 Å². The molecule has 0 aromatic heterocycles. The molecule has 1 aliphatic rings. The molecule has 0 N–H and O–H groups in total. The highest BCUT2D eigenvalue weighted by Gasteiger charge is 2.28. The molecular weight excluding hydrogens is 254 g/mol. The van der Waals surface area contributed by atoms with Gasteiger partial charge in [0.2, 0.25) is 0 Å². The highest BCUT2D eigenvalue weighted by Crippen LogP contribution is 2.22. The second-order valence-electron chi connectivity index (χ2n) is 4.56. The van der Waals surface area contributed by atoms with Crippen LogP contribution < -0.4 is 0 Å². The maximum absolute atomic E-state index is 12.0. The molecule has 1 amide bonds. The Morgan fingerprint density at radius 2 is 1.75 bits per heavy atom. The predicted molar refractivity (Wildman–Crippen MR) is 73.0 cm³/mol. The van der Waals surface area contributed by atoms with Crippen molar-refractivity contribution < 1.29 is 14.4 Å². The van der Waals surface area contributed by atoms with Crippen molar-refractivity contribution in [3.8, 4) is 0 Å². The minimum absolute atomic E-state index is 0.135. The van der Waals surface area contributed by atoms with E-state index in [9.17, 15) is 9.59 Å². The third kappa shape index (κ3) is 2.33. The lowest BCUT2D eigenvalue weighted by Crippen LogP contribution is -2.27. The summed E-state index contributed by atoms with van der Waals surface area (Å²) in [5.41, 5.74) is 2.14. The van der Waals surface area contributed by atoms with Gasteiger partial charge in [0.05, 0.1) is 6.54 Å². The van der Waals surface area contributed by atoms with Crippen LogP contribution in [0.5, 0.6) is 0 Å². The molecule has 0 aliphatic carbocycles. The van der Waals surface area contributed by atoms with Crippen molar-refractivity contribution in [1.82, 2.24) is 5.06 Å². The van der Waals surface area contributed by atoms with E-state index in [1.807, 2.05) is 24.3 Å². The Balaban J connectivity index is 1.64. The second kappa shape index (κ2) is 5.27. The Bertz CT molecular complexity index is 652. The van der Waals surface area contributed by atoms with Crippen molar-refractivity contribution in [2.45, 2.75) is 6.54 Å². The molecule has 2 aromatic rings. The molecule has 2 aromatic carbocycles. The monoisotopic (exact) mass is 267 g/mol. The van der Waals surface area contributed by atoms with Gasteiger partial charge in [-0.2, -0.15) is 0 Å². The maximum Gasteiger partial charge on any atom is 0.278 e. The summed E-state index contributed by atoms with van der Waals surface area (Å²) >= 11 is 0. The molecule has 0 spiro atoms. The van der Waals surface area contributed by atoms with E-state index in [2.05, 4.69) is 0 Å². The van der Waals surface area contributed by atoms with Gasteiger partial charge in [-0.1, -0.05) is 48.5 Å². The van der Waals surface area contributed by atoms with E-state index in [0.717, 1.165) is 5.56 Å². The Kier molecular flexibility index (Phi) is 3.31. The molecule has 100 valence electrons. The average Bonchev–Trinajstić information content (AvgIpc) is 2.83. The molecule has 0 bridgehead atoms. The fraction of sp³-hybridized carbons (Fsp3) is 0.125. The average molecular weight is 267 g/mol. The van der Waals surface area contributed by atoms with Crippen LogP contribution in [0.2, 0.25) is 0 Å². The summed E-state index contributed by atoms with van der Waals surface area (Å²) in [6, 6.07) is 16.2. The Labute approximate surface area is 116 Å². The van der Waals surface area contributed by atoms with Gasteiger partial charge in [-0.15, -0.1) is 0 Å². The van der Waals surface area contributed by atoms with Gasteiger partial charge in [0.1, 0.15) is 6.61 Å². The maximum atomic E-state index is 12.0. The van der Waals surface area contributed by atoms with Gasteiger partial charge in [-0.3, -0.25) is 14.4 Å². The van der Waals surface area contributed by atoms with Gasteiger partial charge in [0.15, 0.2) is 5.78 Å². The van der Waals surface area contributed by atoms with Crippen molar-refractivity contribution in [3.63, 3.8) is 0 Å². The summed E-state index contributed by atoms with van der Waals surface area (Å²) in [6.45, 7) is 0.251. The van der Waals surface area contributed by atoms with Crippen LogP contribution in [0, 0.1) is 0 Å². The zero-order chi connectivity index (χ0) is 13.9. The number of carbonyl (C=O) groups is 2. The van der Waals surface area contributed by atoms with Crippen LogP contribution in [0.4, 0.5) is 0 Å². The number of nitrogens with zero attached hydrogens (tertiary/aromatic N) is 1. The van der Waals surface area contributed by atoms with Gasteiger partial charge >= 0.3 is 0 Å². The molecule has 0 radical (unpaired) electrons. The number of hydrogen-bond donors (Lipinski definition) is 0. The number of ketones is 1. The van der Waals surface area contributed by atoms with E-state index in [4.69, 9.17) is 4.84 Å². The lowest BCUT2D eigenvalue weighted by molar-refractivity contribution is -0.114. The molecule has 0 atom stereocenters. The quantitative estimate of drug-likeness (QED) is 0.799. The summed E-state index contributed by atoms with van der Waals surface area (Å²) < 4.78 is 0. The zero-order valence-corrected chi connectivity index (χ0v) is 10.8. The number of carbonyl (C=O) groups excluding carboxylic acids is 2. The van der Waals surface area contributed by atoms with Crippen LogP contribution in [0.3, 0.4) is 0 Å². The molecule has 20 heavy (non-hydrogen) atoms. The van der Waals surface area contributed by atoms with E-state index >= 15 is 0 Å². The zero-order valence-electron chi connectivity index (χ0n) is 10.8. The first kappa shape index (κ1) is 12.6. The summed E-state index contributed by atoms with van der Waals surface area (Å²) in [6.07, 6.45) is 0. The fourth-order valence-corrected chi connectivity index (χ4v) is 2.18. The molecule has 0 fully saturated rings. The predicted octanol–water partition coefficient (Wildman–Crippen LogP) is 2.46. The largest absolute Gasteiger partial charge is 0.291 e. The molecule has 1 heterocycles. The SMILES string of the molecule is O=C(CON1Cc2ccccc2C1=O)c1ccccc1. The first-order valence-corrected chi connectivity index (χ1v) is 6.36. The van der Waals surface area contributed by atoms with Gasteiger partial charge in [0.25, 0.3) is 5.91 Å². The highest BCUT2D eigenvalue weighted by atomic mass is 16.7. The first-order valence-electron chi connectivity index (χ1n) is 6.36. The van der Waals surface area contributed by atoms with Crippen molar-refractivity contribution in [2.75, 3.05) is 6.61 Å². The lowest BCUT2D eigenvalue weighted by Gasteiger charge is -2.14. The molecular formula is C16H13NO3. The standard InChI is InChI=1S/C16H13NO3/c18-15(12-6-2-1-3-7-12)11-20-17-10-13-8-4-5-9-14(13)16(17)19/h1-9H,10-11H2. The van der Waals surface area contributed by atoms with Gasteiger partial charge < -0.3 is 0 Å². The molecule has 1 aliphatic heterocycles. The van der Waals surface area contributed by atoms with Crippen molar-refractivity contribution >= 4 is 11.7 Å². The summed E-state index contributed by atoms with van der Waals surface area (Å²) in [7, 11) is 0. The van der Waals surface area contributed by atoms with Gasteiger partial charge in [-0.05, 0) is 11.6 Å². The normalized spacial score (nSPS) is 13.4. The Morgan fingerprint density at radius 1 is 1.05 bits per heavy atom. The van der Waals surface area contributed by atoms with Gasteiger partial charge in [0, 0.05) is 11.1 Å². The topological polar surface area (TPSA) is 46.6 Å². The van der Waals surface area contributed by atoms with Crippen molar-refractivity contribution in [3.05, 3.63) is 71.3 Å². The van der Waals surface area contributed by atoms with Crippen LogP contribution in [-0.4, -0.2) is 23.4 Å². The minimum Gasteiger partial charge on any atom is -0.291 e. The smallest absolute Gasteiger partial charge is 0.278 e. The molecule has 0 saturated carbocycles. The summed E-state index contributed by atoms with van der Waals surface area (Å²) in [4.78, 5) is 29.3. The number of fused-ring (bicyclic) bond motifs is 1. The number of hydrogen-bond acceptors (Lipinski definition) is 3. The second-order valence-corrected chi connectivity index (χ2v) is 4.56. The first-order chi connectivity index (χ1) is 9.75. The van der Waals surface area contributed by atoms with Crippen molar-refractivity contribution in [2.24, 2.45) is 0 Å². The summed E-state index contributed by atoms with van der Waals surface area (Å²) in [5.74, 6) is -0.337. The molecule has 0 unspecified atom stereocenters. The molecule has 4 heteroatoms. The Morgan fingerprint density at radius 3 is 2.50 bits per heavy atom. The van der Waals surface area contributed by atoms with Crippen LogP contribution in [0.15, 0.2) is 54.6 Å². The molecule has 4 nitrogen and oxygen atoms in total. The van der Waals surface area contributed by atoms with E-state index < -0.39 is 0 Å². The number of rotatable bonds is 4. The fourth-order valence-electron chi connectivity index (χ4n) is 2.18. The van der Waals surface area contributed by atoms with E-state index in [0.29, 0.717) is 17.7 Å². The number of hydroxylamine groups is 2. The number of benzene rings is 2. The van der Waals surface area contributed by atoms with Crippen LogP contribution in [0.25, 0.3) is 0 Å². The minimum atomic E-state index is -0.193. The highest BCUT2D eigenvalue weighted by molar-refractivity contribution is 5.99. The molecule has 0 saturated heterocycles. The lowest BCUT2D eigenvalue weighted by atomic mass is 10.1. The van der Waals surface area contributed by atoms with Crippen molar-refractivity contribution in [1.29, 1.82) is 0 Å². The van der Waals surface area contributed by atoms with E-state index in [1.54, 1.807) is 30.3 Å². The van der Waals surface area contributed by atoms with E-state index in [1.165, 1.54) is 5.06 Å². The van der Waals surface area contributed by atoms with Crippen LogP contribution in [0.1, 0.15) is 26.3 Å². The number of amides is 1. The molecule has 3 rings (SSSR count). The van der Waals surface area contributed by atoms with Gasteiger partial charge in [-0.25, -0.2) is 5.06 Å². The third-order valence-corrected chi connectivity index (χ3v) is 3.24. The van der Waals surface area contributed by atoms with Crippen LogP contribution >= 0.6 is 0 Å². The summed E-state index contributed by atoms with van der Waals surface area (Å²) in [5, 5.41) is 1.24.